The lowest BCUT2D eigenvalue weighted by Gasteiger charge is -2.28. The lowest BCUT2D eigenvalue weighted by Crippen LogP contribution is -2.43. The maximum Gasteiger partial charge on any atom is 0.229 e. The number of piperidine rings is 1. The fraction of sp³-hybridized carbons (Fsp3) is 0.467. The summed E-state index contributed by atoms with van der Waals surface area (Å²) in [5, 5.41) is 0. The van der Waals surface area contributed by atoms with Gasteiger partial charge in [-0.2, -0.15) is 0 Å². The molecule has 3 rings (SSSR count). The monoisotopic (exact) mass is 290 g/mol. The number of nitrogens with zero attached hydrogens (tertiary/aromatic N) is 1. The Balaban J connectivity index is 1.74. The van der Waals surface area contributed by atoms with E-state index in [-0.39, 0.29) is 18.4 Å². The molecule has 6 heteroatoms. The lowest BCUT2D eigenvalue weighted by molar-refractivity contribution is -0.148. The Hall–Kier alpha value is -2.08. The SMILES string of the molecule is NC(CN1C(=O)CCCC1=O)c1ccc2c(c1)OCCO2. The summed E-state index contributed by atoms with van der Waals surface area (Å²) in [5.41, 5.74) is 6.97. The summed E-state index contributed by atoms with van der Waals surface area (Å²) in [6, 6.07) is 5.05. The molecular weight excluding hydrogens is 272 g/mol. The second kappa shape index (κ2) is 5.73. The Morgan fingerprint density at radius 3 is 2.48 bits per heavy atom. The summed E-state index contributed by atoms with van der Waals surface area (Å²) >= 11 is 0. The molecular formula is C15H18N2O4. The van der Waals surface area contributed by atoms with E-state index in [1.165, 1.54) is 4.90 Å². The molecule has 2 aliphatic heterocycles. The molecule has 0 bridgehead atoms. The van der Waals surface area contributed by atoms with Gasteiger partial charge in [-0.3, -0.25) is 14.5 Å². The number of hydrogen-bond donors (Lipinski definition) is 1. The van der Waals surface area contributed by atoms with Crippen LogP contribution in [-0.4, -0.2) is 36.5 Å². The van der Waals surface area contributed by atoms with Gasteiger partial charge in [0.05, 0.1) is 0 Å². The average Bonchev–Trinajstić information content (AvgIpc) is 2.50. The van der Waals surface area contributed by atoms with E-state index in [0.717, 1.165) is 5.56 Å². The van der Waals surface area contributed by atoms with Gasteiger partial charge in [0.2, 0.25) is 11.8 Å². The molecule has 6 nitrogen and oxygen atoms in total. The Bertz CT molecular complexity index is 557. The standard InChI is InChI=1S/C15H18N2O4/c16-11(9-17-14(18)2-1-3-15(17)19)10-4-5-12-13(8-10)21-7-6-20-12/h4-5,8,11H,1-3,6-7,9,16H2. The molecule has 0 saturated carbocycles. The Morgan fingerprint density at radius 1 is 1.10 bits per heavy atom. The molecule has 0 radical (unpaired) electrons. The zero-order valence-corrected chi connectivity index (χ0v) is 11.7. The summed E-state index contributed by atoms with van der Waals surface area (Å²) < 4.78 is 11.0. The minimum absolute atomic E-state index is 0.140. The highest BCUT2D eigenvalue weighted by molar-refractivity contribution is 5.97. The van der Waals surface area contributed by atoms with Crippen LogP contribution in [0, 0.1) is 0 Å². The van der Waals surface area contributed by atoms with E-state index in [0.29, 0.717) is 44.0 Å². The highest BCUT2D eigenvalue weighted by Crippen LogP contribution is 2.32. The quantitative estimate of drug-likeness (QED) is 0.840. The first-order valence-electron chi connectivity index (χ1n) is 7.13. The van der Waals surface area contributed by atoms with E-state index in [2.05, 4.69) is 0 Å². The number of benzene rings is 1. The predicted octanol–water partition coefficient (Wildman–Crippen LogP) is 0.997. The third kappa shape index (κ3) is 2.85. The van der Waals surface area contributed by atoms with Crippen LogP contribution in [0.2, 0.25) is 0 Å². The molecule has 2 N–H and O–H groups in total. The lowest BCUT2D eigenvalue weighted by atomic mass is 10.0. The highest BCUT2D eigenvalue weighted by Gasteiger charge is 2.28. The third-order valence-electron chi connectivity index (χ3n) is 3.76. The normalized spacial score (nSPS) is 19.6. The smallest absolute Gasteiger partial charge is 0.229 e. The van der Waals surface area contributed by atoms with E-state index >= 15 is 0 Å². The van der Waals surface area contributed by atoms with Crippen LogP contribution in [0.15, 0.2) is 18.2 Å². The van der Waals surface area contributed by atoms with Gasteiger partial charge in [0, 0.05) is 25.4 Å². The van der Waals surface area contributed by atoms with Gasteiger partial charge in [0.15, 0.2) is 11.5 Å². The second-order valence-corrected chi connectivity index (χ2v) is 5.26. The van der Waals surface area contributed by atoms with Crippen molar-refractivity contribution in [3.63, 3.8) is 0 Å². The molecule has 2 amide bonds. The molecule has 1 aromatic carbocycles. The summed E-state index contributed by atoms with van der Waals surface area (Å²) in [5.74, 6) is 1.08. The molecule has 2 heterocycles. The Morgan fingerprint density at radius 2 is 1.76 bits per heavy atom. The molecule has 2 aliphatic rings. The number of nitrogens with two attached hydrogens (primary N) is 1. The van der Waals surface area contributed by atoms with Crippen LogP contribution < -0.4 is 15.2 Å². The number of likely N-dealkylation sites (tertiary alicyclic amines) is 1. The van der Waals surface area contributed by atoms with Crippen molar-refractivity contribution in [3.05, 3.63) is 23.8 Å². The molecule has 1 saturated heterocycles. The van der Waals surface area contributed by atoms with Crippen molar-refractivity contribution in [1.82, 2.24) is 4.90 Å². The van der Waals surface area contributed by atoms with Crippen LogP contribution in [-0.2, 0) is 9.59 Å². The van der Waals surface area contributed by atoms with Crippen molar-refractivity contribution in [2.75, 3.05) is 19.8 Å². The number of imide groups is 1. The third-order valence-corrected chi connectivity index (χ3v) is 3.76. The minimum Gasteiger partial charge on any atom is -0.486 e. The minimum atomic E-state index is -0.424. The maximum absolute atomic E-state index is 11.8. The summed E-state index contributed by atoms with van der Waals surface area (Å²) in [4.78, 5) is 24.9. The summed E-state index contributed by atoms with van der Waals surface area (Å²) in [7, 11) is 0. The first kappa shape index (κ1) is 13.9. The molecule has 112 valence electrons. The van der Waals surface area contributed by atoms with Crippen LogP contribution in [0.25, 0.3) is 0 Å². The van der Waals surface area contributed by atoms with Crippen molar-refractivity contribution in [2.24, 2.45) is 5.73 Å². The number of rotatable bonds is 3. The van der Waals surface area contributed by atoms with Crippen molar-refractivity contribution in [1.29, 1.82) is 0 Å². The Kier molecular flexibility index (Phi) is 3.79. The fourth-order valence-corrected chi connectivity index (χ4v) is 2.60. The molecule has 1 aromatic rings. The van der Waals surface area contributed by atoms with Crippen LogP contribution in [0.5, 0.6) is 11.5 Å². The average molecular weight is 290 g/mol. The van der Waals surface area contributed by atoms with Crippen LogP contribution in [0.4, 0.5) is 0 Å². The summed E-state index contributed by atoms with van der Waals surface area (Å²) in [6.07, 6.45) is 1.46. The van der Waals surface area contributed by atoms with Gasteiger partial charge in [-0.25, -0.2) is 0 Å². The maximum atomic E-state index is 11.8. The highest BCUT2D eigenvalue weighted by atomic mass is 16.6. The van der Waals surface area contributed by atoms with Crippen molar-refractivity contribution in [3.8, 4) is 11.5 Å². The number of hydrogen-bond acceptors (Lipinski definition) is 5. The van der Waals surface area contributed by atoms with Crippen LogP contribution in [0.3, 0.4) is 0 Å². The number of carbonyl (C=O) groups is 2. The number of fused-ring (bicyclic) bond motifs is 1. The van der Waals surface area contributed by atoms with E-state index < -0.39 is 6.04 Å². The van der Waals surface area contributed by atoms with Gasteiger partial charge in [-0.15, -0.1) is 0 Å². The molecule has 21 heavy (non-hydrogen) atoms. The van der Waals surface area contributed by atoms with E-state index in [1.807, 2.05) is 18.2 Å². The zero-order chi connectivity index (χ0) is 14.8. The summed E-state index contributed by atoms with van der Waals surface area (Å²) in [6.45, 7) is 1.25. The molecule has 1 fully saturated rings. The second-order valence-electron chi connectivity index (χ2n) is 5.26. The van der Waals surface area contributed by atoms with Crippen molar-refractivity contribution < 1.29 is 19.1 Å². The predicted molar refractivity (Wildman–Crippen MR) is 74.9 cm³/mol. The van der Waals surface area contributed by atoms with Gasteiger partial charge in [-0.05, 0) is 24.1 Å². The topological polar surface area (TPSA) is 81.9 Å². The molecule has 0 aromatic heterocycles. The first-order chi connectivity index (χ1) is 10.1. The molecule has 1 atom stereocenters. The number of ether oxygens (including phenoxy) is 2. The largest absolute Gasteiger partial charge is 0.486 e. The van der Waals surface area contributed by atoms with E-state index in [9.17, 15) is 9.59 Å². The Labute approximate surface area is 122 Å². The first-order valence-corrected chi connectivity index (χ1v) is 7.13. The van der Waals surface area contributed by atoms with E-state index in [1.54, 1.807) is 0 Å². The molecule has 1 unspecified atom stereocenters. The van der Waals surface area contributed by atoms with Crippen molar-refractivity contribution in [2.45, 2.75) is 25.3 Å². The van der Waals surface area contributed by atoms with Gasteiger partial charge in [0.1, 0.15) is 13.2 Å². The molecule has 0 aliphatic carbocycles. The van der Waals surface area contributed by atoms with Gasteiger partial charge >= 0.3 is 0 Å². The number of carbonyl (C=O) groups excluding carboxylic acids is 2. The molecule has 0 spiro atoms. The van der Waals surface area contributed by atoms with Crippen LogP contribution in [0.1, 0.15) is 30.9 Å². The van der Waals surface area contributed by atoms with Gasteiger partial charge in [-0.1, -0.05) is 6.07 Å². The van der Waals surface area contributed by atoms with Crippen molar-refractivity contribution >= 4 is 11.8 Å². The number of amides is 2. The van der Waals surface area contributed by atoms with Crippen LogP contribution >= 0.6 is 0 Å². The van der Waals surface area contributed by atoms with Gasteiger partial charge < -0.3 is 15.2 Å². The zero-order valence-electron chi connectivity index (χ0n) is 11.7. The van der Waals surface area contributed by atoms with Gasteiger partial charge in [0.25, 0.3) is 0 Å². The van der Waals surface area contributed by atoms with E-state index in [4.69, 9.17) is 15.2 Å². The fourth-order valence-electron chi connectivity index (χ4n) is 2.60.